The van der Waals surface area contributed by atoms with Gasteiger partial charge in [0.25, 0.3) is 0 Å². The Morgan fingerprint density at radius 3 is 2.55 bits per heavy atom. The summed E-state index contributed by atoms with van der Waals surface area (Å²) in [6, 6.07) is 6.10. The van der Waals surface area contributed by atoms with Gasteiger partial charge >= 0.3 is 5.97 Å². The molecule has 33 heavy (non-hydrogen) atoms. The normalized spacial score (nSPS) is 17.8. The number of nitrogens with zero attached hydrogens (tertiary/aromatic N) is 7. The van der Waals surface area contributed by atoms with Crippen molar-refractivity contribution in [2.45, 2.75) is 40.7 Å². The van der Waals surface area contributed by atoms with Crippen LogP contribution in [0.1, 0.15) is 44.9 Å². The van der Waals surface area contributed by atoms with Gasteiger partial charge in [0.1, 0.15) is 11.4 Å². The van der Waals surface area contributed by atoms with Crippen molar-refractivity contribution in [3.8, 4) is 11.8 Å². The molecule has 2 aliphatic rings. The molecule has 1 aromatic carbocycles. The van der Waals surface area contributed by atoms with E-state index in [1.54, 1.807) is 0 Å². The van der Waals surface area contributed by atoms with Gasteiger partial charge in [-0.3, -0.25) is 4.99 Å². The SMILES string of the molecule is CCN(CC)c1ccc(N=C2C(C#CC(=O)O)=Nn3c(C4=NC(C)C(C)=C4)nnc32)c(C)c1. The largest absolute Gasteiger partial charge is 0.472 e. The molecule has 1 unspecified atom stereocenters. The number of carboxylic acid groups (broad SMARTS) is 1. The van der Waals surface area contributed by atoms with E-state index in [0.29, 0.717) is 23.1 Å². The van der Waals surface area contributed by atoms with E-state index in [1.165, 1.54) is 4.68 Å². The second-order valence-corrected chi connectivity index (χ2v) is 7.84. The zero-order valence-corrected chi connectivity index (χ0v) is 19.3. The number of benzene rings is 1. The van der Waals surface area contributed by atoms with Gasteiger partial charge in [-0.15, -0.1) is 10.2 Å². The minimum atomic E-state index is -1.24. The van der Waals surface area contributed by atoms with Crippen LogP contribution >= 0.6 is 0 Å². The number of fused-ring (bicyclic) bond motifs is 1. The van der Waals surface area contributed by atoms with Gasteiger partial charge in [0, 0.05) is 24.7 Å². The monoisotopic (exact) mass is 443 g/mol. The molecule has 1 atom stereocenters. The molecule has 0 fully saturated rings. The second-order valence-electron chi connectivity index (χ2n) is 7.84. The number of anilines is 1. The van der Waals surface area contributed by atoms with Crippen LogP contribution in [0, 0.1) is 18.8 Å². The summed E-state index contributed by atoms with van der Waals surface area (Å²) in [5.74, 6) is 4.37. The fraction of sp³-hybridized carbons (Fsp3) is 0.333. The molecule has 0 bridgehead atoms. The topological polar surface area (TPSA) is 108 Å². The number of allylic oxidation sites excluding steroid dienone is 1. The molecule has 1 aromatic heterocycles. The van der Waals surface area contributed by atoms with Crippen molar-refractivity contribution in [1.29, 1.82) is 0 Å². The maximum Gasteiger partial charge on any atom is 0.382 e. The third kappa shape index (κ3) is 4.20. The van der Waals surface area contributed by atoms with Crippen LogP contribution in [0.2, 0.25) is 0 Å². The number of hydrogen-bond acceptors (Lipinski definition) is 7. The third-order valence-electron chi connectivity index (χ3n) is 5.69. The highest BCUT2D eigenvalue weighted by atomic mass is 16.4. The van der Waals surface area contributed by atoms with Crippen molar-refractivity contribution in [3.05, 3.63) is 47.1 Å². The molecule has 0 aliphatic carbocycles. The van der Waals surface area contributed by atoms with Crippen LogP contribution in [0.15, 0.2) is 44.9 Å². The molecule has 0 saturated carbocycles. The number of aryl methyl sites for hydroxylation is 1. The fourth-order valence-electron chi connectivity index (χ4n) is 3.71. The Morgan fingerprint density at radius 1 is 1.21 bits per heavy atom. The van der Waals surface area contributed by atoms with Crippen LogP contribution in [-0.4, -0.2) is 62.2 Å². The Morgan fingerprint density at radius 2 is 1.94 bits per heavy atom. The van der Waals surface area contributed by atoms with E-state index in [-0.39, 0.29) is 11.8 Å². The quantitative estimate of drug-likeness (QED) is 0.715. The van der Waals surface area contributed by atoms with Crippen molar-refractivity contribution < 1.29 is 9.90 Å². The summed E-state index contributed by atoms with van der Waals surface area (Å²) in [6.07, 6.45) is 1.95. The first-order chi connectivity index (χ1) is 15.8. The predicted octanol–water partition coefficient (Wildman–Crippen LogP) is 3.00. The van der Waals surface area contributed by atoms with Crippen molar-refractivity contribution >= 4 is 34.5 Å². The van der Waals surface area contributed by atoms with Gasteiger partial charge in [-0.1, -0.05) is 0 Å². The van der Waals surface area contributed by atoms with E-state index in [4.69, 9.17) is 10.1 Å². The van der Waals surface area contributed by atoms with Crippen LogP contribution in [0.4, 0.5) is 11.4 Å². The highest BCUT2D eigenvalue weighted by Gasteiger charge is 2.30. The third-order valence-corrected chi connectivity index (χ3v) is 5.69. The Bertz CT molecular complexity index is 1310. The van der Waals surface area contributed by atoms with Crippen molar-refractivity contribution in [2.24, 2.45) is 15.1 Å². The van der Waals surface area contributed by atoms with Gasteiger partial charge in [-0.05, 0) is 76.0 Å². The maximum absolute atomic E-state index is 11.1. The summed E-state index contributed by atoms with van der Waals surface area (Å²) in [6.45, 7) is 12.1. The van der Waals surface area contributed by atoms with E-state index in [2.05, 4.69) is 56.9 Å². The van der Waals surface area contributed by atoms with Gasteiger partial charge in [0.15, 0.2) is 5.71 Å². The van der Waals surface area contributed by atoms with Gasteiger partial charge in [0.05, 0.1) is 11.7 Å². The second kappa shape index (κ2) is 8.82. The molecule has 0 amide bonds. The molecule has 1 N–H and O–H groups in total. The zero-order chi connectivity index (χ0) is 23.7. The minimum absolute atomic E-state index is 0.0599. The van der Waals surface area contributed by atoms with Gasteiger partial charge in [-0.2, -0.15) is 9.78 Å². The summed E-state index contributed by atoms with van der Waals surface area (Å²) in [4.78, 5) is 22.7. The summed E-state index contributed by atoms with van der Waals surface area (Å²) in [5.41, 5.74) is 5.22. The maximum atomic E-state index is 11.1. The summed E-state index contributed by atoms with van der Waals surface area (Å²) in [5, 5.41) is 22.1. The molecule has 9 heteroatoms. The van der Waals surface area contributed by atoms with Gasteiger partial charge in [0.2, 0.25) is 11.6 Å². The lowest BCUT2D eigenvalue weighted by Gasteiger charge is -2.21. The summed E-state index contributed by atoms with van der Waals surface area (Å²) < 4.78 is 1.53. The molecular weight excluding hydrogens is 418 g/mol. The van der Waals surface area contributed by atoms with E-state index in [1.807, 2.05) is 39.0 Å². The number of aromatic nitrogens is 3. The number of hydrogen-bond donors (Lipinski definition) is 1. The van der Waals surface area contributed by atoms with Crippen LogP contribution in [-0.2, 0) is 4.79 Å². The standard InChI is InChI=1S/C24H25N7O2/c1-6-30(7-2)17-8-9-18(15(4)12-17)26-22-19(10-11-21(32)33)29-31-23(27-28-24(22)31)20-13-14(3)16(5)25-20/h8-9,12-13,16H,6-7H2,1-5H3,(H,32,33). The van der Waals surface area contributed by atoms with Crippen LogP contribution < -0.4 is 4.90 Å². The molecule has 0 spiro atoms. The number of carbonyl (C=O) groups is 1. The first kappa shape index (κ1) is 22.1. The van der Waals surface area contributed by atoms with Crippen molar-refractivity contribution in [2.75, 3.05) is 18.0 Å². The fourth-order valence-corrected chi connectivity index (χ4v) is 3.71. The summed E-state index contributed by atoms with van der Waals surface area (Å²) >= 11 is 0. The highest BCUT2D eigenvalue weighted by Crippen LogP contribution is 2.27. The first-order valence-electron chi connectivity index (χ1n) is 10.8. The molecule has 2 aliphatic heterocycles. The minimum Gasteiger partial charge on any atom is -0.472 e. The molecule has 0 saturated heterocycles. The number of rotatable bonds is 5. The Hall–Kier alpha value is -4.06. The van der Waals surface area contributed by atoms with Crippen LogP contribution in [0.25, 0.3) is 0 Å². The molecular formula is C24H25N7O2. The summed E-state index contributed by atoms with van der Waals surface area (Å²) in [7, 11) is 0. The molecule has 168 valence electrons. The molecule has 2 aromatic rings. The smallest absolute Gasteiger partial charge is 0.382 e. The Balaban J connectivity index is 1.80. The molecule has 0 radical (unpaired) electrons. The first-order valence-corrected chi connectivity index (χ1v) is 10.8. The molecule has 9 nitrogen and oxygen atoms in total. The Kier molecular flexibility index (Phi) is 5.92. The van der Waals surface area contributed by atoms with Crippen molar-refractivity contribution in [3.63, 3.8) is 0 Å². The van der Waals surface area contributed by atoms with E-state index in [9.17, 15) is 4.79 Å². The van der Waals surface area contributed by atoms with Crippen LogP contribution in [0.3, 0.4) is 0 Å². The van der Waals surface area contributed by atoms with Crippen LogP contribution in [0.5, 0.6) is 0 Å². The lowest BCUT2D eigenvalue weighted by Crippen LogP contribution is -2.21. The average Bonchev–Trinajstić information content (AvgIpc) is 3.43. The van der Waals surface area contributed by atoms with Gasteiger partial charge in [-0.25, -0.2) is 9.79 Å². The van der Waals surface area contributed by atoms with Gasteiger partial charge < -0.3 is 10.0 Å². The number of aliphatic imine (C=N–C) groups is 2. The zero-order valence-electron chi connectivity index (χ0n) is 19.3. The Labute approximate surface area is 192 Å². The van der Waals surface area contributed by atoms with Crippen molar-refractivity contribution in [1.82, 2.24) is 14.9 Å². The average molecular weight is 444 g/mol. The van der Waals surface area contributed by atoms with E-state index in [0.717, 1.165) is 35.6 Å². The lowest BCUT2D eigenvalue weighted by atomic mass is 10.1. The highest BCUT2D eigenvalue weighted by molar-refractivity contribution is 6.55. The van der Waals surface area contributed by atoms with E-state index < -0.39 is 5.97 Å². The number of carboxylic acids is 1. The predicted molar refractivity (Wildman–Crippen MR) is 129 cm³/mol. The molecule has 4 rings (SSSR count). The number of aliphatic carboxylic acids is 1. The van der Waals surface area contributed by atoms with E-state index >= 15 is 0 Å². The molecule has 3 heterocycles. The lowest BCUT2D eigenvalue weighted by molar-refractivity contribution is -0.130.